The van der Waals surface area contributed by atoms with Gasteiger partial charge in [-0.1, -0.05) is 26.0 Å². The molecule has 0 bridgehead atoms. The van der Waals surface area contributed by atoms with E-state index in [1.807, 2.05) is 29.6 Å². The lowest BCUT2D eigenvalue weighted by Gasteiger charge is -2.17. The minimum Gasteiger partial charge on any atom is -0.497 e. The van der Waals surface area contributed by atoms with Crippen molar-refractivity contribution in [2.24, 2.45) is 0 Å². The van der Waals surface area contributed by atoms with Crippen molar-refractivity contribution < 1.29 is 9.53 Å². The maximum atomic E-state index is 12.2. The summed E-state index contributed by atoms with van der Waals surface area (Å²) < 4.78 is 5.16. The lowest BCUT2D eigenvalue weighted by Crippen LogP contribution is -2.30. The zero-order chi connectivity index (χ0) is 18.1. The van der Waals surface area contributed by atoms with Gasteiger partial charge < -0.3 is 15.0 Å². The molecule has 25 heavy (non-hydrogen) atoms. The van der Waals surface area contributed by atoms with Crippen molar-refractivity contribution in [3.8, 4) is 5.75 Å². The maximum absolute atomic E-state index is 12.2. The van der Waals surface area contributed by atoms with Crippen LogP contribution >= 0.6 is 11.3 Å². The molecule has 0 saturated carbocycles. The monoisotopic (exact) mass is 361 g/mol. The first-order chi connectivity index (χ1) is 12.2. The number of methoxy groups -OCH3 is 1. The van der Waals surface area contributed by atoms with E-state index < -0.39 is 0 Å². The number of hydrogen-bond donors (Lipinski definition) is 1. The molecule has 0 aliphatic carbocycles. The molecule has 2 rings (SSSR count). The van der Waals surface area contributed by atoms with Crippen molar-refractivity contribution in [3.63, 3.8) is 0 Å². The lowest BCUT2D eigenvalue weighted by molar-refractivity contribution is 0.0947. The first-order valence-corrected chi connectivity index (χ1v) is 9.62. The van der Waals surface area contributed by atoms with Gasteiger partial charge in [-0.05, 0) is 43.8 Å². The molecule has 1 heterocycles. The molecule has 1 aromatic carbocycles. The van der Waals surface area contributed by atoms with Crippen molar-refractivity contribution in [3.05, 3.63) is 45.9 Å². The summed E-state index contributed by atoms with van der Waals surface area (Å²) in [5, 5.41) is 5.73. The Morgan fingerprint density at radius 1 is 1.24 bits per heavy atom. The summed E-state index contributed by atoms with van der Waals surface area (Å²) in [5.74, 6) is 0.754. The van der Waals surface area contributed by atoms with Gasteiger partial charge in [-0.25, -0.2) is 4.98 Å². The van der Waals surface area contributed by atoms with Gasteiger partial charge in [0.15, 0.2) is 0 Å². The number of nitrogens with zero attached hydrogens (tertiary/aromatic N) is 2. The van der Waals surface area contributed by atoms with Crippen LogP contribution in [0.1, 0.15) is 41.3 Å². The number of carbonyl (C=O) groups excluding carboxylic acids is 1. The second kappa shape index (κ2) is 10.2. The van der Waals surface area contributed by atoms with E-state index in [1.54, 1.807) is 7.11 Å². The summed E-state index contributed by atoms with van der Waals surface area (Å²) in [4.78, 5) is 19.0. The number of benzene rings is 1. The molecule has 1 aromatic heterocycles. The number of amides is 1. The topological polar surface area (TPSA) is 54.5 Å². The van der Waals surface area contributed by atoms with E-state index in [1.165, 1.54) is 11.3 Å². The number of rotatable bonds is 10. The molecule has 0 aliphatic heterocycles. The Balaban J connectivity index is 1.80. The summed E-state index contributed by atoms with van der Waals surface area (Å²) in [6.07, 6.45) is 1.68. The second-order valence-corrected chi connectivity index (χ2v) is 6.73. The molecular formula is C19H27N3O2S. The van der Waals surface area contributed by atoms with Crippen molar-refractivity contribution >= 4 is 17.2 Å². The summed E-state index contributed by atoms with van der Waals surface area (Å²) in [5.41, 5.74) is 1.66. The van der Waals surface area contributed by atoms with E-state index >= 15 is 0 Å². The third kappa shape index (κ3) is 6.14. The van der Waals surface area contributed by atoms with E-state index in [0.29, 0.717) is 12.2 Å². The van der Waals surface area contributed by atoms with Crippen molar-refractivity contribution in [1.29, 1.82) is 0 Å². The maximum Gasteiger partial charge on any atom is 0.270 e. The van der Waals surface area contributed by atoms with Gasteiger partial charge in [-0.15, -0.1) is 11.3 Å². The molecule has 0 fully saturated rings. The second-order valence-electron chi connectivity index (χ2n) is 5.79. The van der Waals surface area contributed by atoms with Gasteiger partial charge in [0.2, 0.25) is 0 Å². The fourth-order valence-electron chi connectivity index (χ4n) is 2.55. The Morgan fingerprint density at radius 3 is 2.60 bits per heavy atom. The van der Waals surface area contributed by atoms with Crippen molar-refractivity contribution in [1.82, 2.24) is 15.2 Å². The first kappa shape index (κ1) is 19.4. The van der Waals surface area contributed by atoms with Crippen LogP contribution in [0.4, 0.5) is 0 Å². The average molecular weight is 362 g/mol. The Kier molecular flexibility index (Phi) is 7.88. The van der Waals surface area contributed by atoms with Gasteiger partial charge in [-0.3, -0.25) is 4.79 Å². The summed E-state index contributed by atoms with van der Waals surface area (Å²) >= 11 is 1.52. The van der Waals surface area contributed by atoms with Crippen LogP contribution in [0.3, 0.4) is 0 Å². The lowest BCUT2D eigenvalue weighted by atomic mass is 10.1. The fraction of sp³-hybridized carbons (Fsp3) is 0.474. The molecule has 0 atom stereocenters. The van der Waals surface area contributed by atoms with E-state index in [9.17, 15) is 4.79 Å². The molecule has 136 valence electrons. The highest BCUT2D eigenvalue weighted by molar-refractivity contribution is 7.09. The molecule has 0 radical (unpaired) electrons. The number of aromatic nitrogens is 1. The smallest absolute Gasteiger partial charge is 0.270 e. The highest BCUT2D eigenvalue weighted by Crippen LogP contribution is 2.17. The number of hydrogen-bond acceptors (Lipinski definition) is 5. The van der Waals surface area contributed by atoms with Crippen molar-refractivity contribution in [2.45, 2.75) is 26.7 Å². The van der Waals surface area contributed by atoms with Crippen LogP contribution < -0.4 is 10.1 Å². The number of nitrogens with one attached hydrogen (secondary N) is 1. The van der Waals surface area contributed by atoms with E-state index in [4.69, 9.17) is 4.74 Å². The number of carbonyl (C=O) groups is 1. The minimum absolute atomic E-state index is 0.0863. The third-order valence-corrected chi connectivity index (χ3v) is 4.98. The van der Waals surface area contributed by atoms with Crippen LogP contribution in [0.25, 0.3) is 0 Å². The zero-order valence-electron chi connectivity index (χ0n) is 15.2. The predicted octanol–water partition coefficient (Wildman–Crippen LogP) is 3.20. The summed E-state index contributed by atoms with van der Waals surface area (Å²) in [6.45, 7) is 8.09. The van der Waals surface area contributed by atoms with Crippen molar-refractivity contribution in [2.75, 3.05) is 33.3 Å². The van der Waals surface area contributed by atoms with Gasteiger partial charge in [0.25, 0.3) is 5.91 Å². The highest BCUT2D eigenvalue weighted by atomic mass is 32.1. The molecule has 1 N–H and O–H groups in total. The summed E-state index contributed by atoms with van der Waals surface area (Å²) in [7, 11) is 1.66. The Morgan fingerprint density at radius 2 is 1.96 bits per heavy atom. The van der Waals surface area contributed by atoms with Gasteiger partial charge in [-0.2, -0.15) is 0 Å². The average Bonchev–Trinajstić information content (AvgIpc) is 3.11. The van der Waals surface area contributed by atoms with E-state index in [2.05, 4.69) is 29.0 Å². The molecule has 0 aliphatic rings. The molecule has 5 nitrogen and oxygen atoms in total. The van der Waals surface area contributed by atoms with E-state index in [-0.39, 0.29) is 5.91 Å². The van der Waals surface area contributed by atoms with Gasteiger partial charge >= 0.3 is 0 Å². The molecule has 1 amide bonds. The normalized spacial score (nSPS) is 10.9. The minimum atomic E-state index is -0.0863. The largest absolute Gasteiger partial charge is 0.497 e. The molecule has 0 spiro atoms. The van der Waals surface area contributed by atoms with Gasteiger partial charge in [0, 0.05) is 18.3 Å². The number of thiazole rings is 1. The first-order valence-electron chi connectivity index (χ1n) is 8.74. The Hall–Kier alpha value is -1.92. The number of ether oxygens (including phenoxy) is 1. The van der Waals surface area contributed by atoms with E-state index in [0.717, 1.165) is 48.8 Å². The quantitative estimate of drug-likeness (QED) is 0.660. The standard InChI is InChI=1S/C19H27N3O2S/c1-4-22(5-2)12-6-11-20-19(23)17-14-25-18(21-17)13-15-7-9-16(24-3)10-8-15/h7-10,14H,4-6,11-13H2,1-3H3,(H,20,23). The van der Waals surface area contributed by atoms with Gasteiger partial charge in [0.05, 0.1) is 12.1 Å². The van der Waals surface area contributed by atoms with Crippen LogP contribution in [0.5, 0.6) is 5.75 Å². The Labute approximate surface area is 154 Å². The highest BCUT2D eigenvalue weighted by Gasteiger charge is 2.11. The molecule has 0 saturated heterocycles. The molecule has 2 aromatic rings. The van der Waals surface area contributed by atoms with Crippen LogP contribution in [-0.2, 0) is 6.42 Å². The predicted molar refractivity (Wildman–Crippen MR) is 103 cm³/mol. The summed E-state index contributed by atoms with van der Waals surface area (Å²) in [6, 6.07) is 7.92. The molecular weight excluding hydrogens is 334 g/mol. The van der Waals surface area contributed by atoms with Gasteiger partial charge in [0.1, 0.15) is 11.4 Å². The van der Waals surface area contributed by atoms with Crippen LogP contribution in [0.15, 0.2) is 29.6 Å². The van der Waals surface area contributed by atoms with Crippen LogP contribution in [-0.4, -0.2) is 49.1 Å². The van der Waals surface area contributed by atoms with Crippen LogP contribution in [0.2, 0.25) is 0 Å². The molecule has 6 heteroatoms. The Bertz CT molecular complexity index is 651. The SMILES string of the molecule is CCN(CC)CCCNC(=O)c1csc(Cc2ccc(OC)cc2)n1. The fourth-order valence-corrected chi connectivity index (χ4v) is 3.36. The zero-order valence-corrected chi connectivity index (χ0v) is 16.1. The van der Waals surface area contributed by atoms with Crippen LogP contribution in [0, 0.1) is 0 Å². The third-order valence-electron chi connectivity index (χ3n) is 4.13. The molecule has 0 unspecified atom stereocenters.